The van der Waals surface area contributed by atoms with E-state index in [1.54, 1.807) is 37.4 Å². The van der Waals surface area contributed by atoms with Crippen LogP contribution in [0.4, 0.5) is 13.2 Å². The van der Waals surface area contributed by atoms with Gasteiger partial charge < -0.3 is 10.1 Å². The molecule has 1 atom stereocenters. The lowest BCUT2D eigenvalue weighted by Crippen LogP contribution is -2.39. The highest BCUT2D eigenvalue weighted by atomic mass is 35.5. The molecule has 1 heterocycles. The molecule has 1 N–H and O–H groups in total. The van der Waals surface area contributed by atoms with Crippen LogP contribution in [0.3, 0.4) is 0 Å². The zero-order valence-electron chi connectivity index (χ0n) is 17.1. The summed E-state index contributed by atoms with van der Waals surface area (Å²) in [5.41, 5.74) is -0.158. The molecule has 1 aliphatic carbocycles. The van der Waals surface area contributed by atoms with Crippen LogP contribution in [0.15, 0.2) is 54.7 Å². The van der Waals surface area contributed by atoms with Gasteiger partial charge >= 0.3 is 6.18 Å². The van der Waals surface area contributed by atoms with Crippen molar-refractivity contribution in [2.24, 2.45) is 0 Å². The standard InChI is InChI=1S/C22H20ClF3N4O2/c1-14(30-12-18(28-29-30)13-32-19-8-6-17(23)7-9-19)20(31)27-21(10-11-21)15-2-4-16(5-3-15)22(24,25)26/h2-9,12,14H,10-11,13H2,1H3,(H,27,31). The third-order valence-electron chi connectivity index (χ3n) is 5.41. The van der Waals surface area contributed by atoms with Crippen molar-refractivity contribution in [1.82, 2.24) is 20.3 Å². The lowest BCUT2D eigenvalue weighted by Gasteiger charge is -2.21. The number of nitrogens with zero attached hydrogens (tertiary/aromatic N) is 3. The minimum Gasteiger partial charge on any atom is -0.487 e. The number of carbonyl (C=O) groups is 1. The molecule has 6 nitrogen and oxygen atoms in total. The number of nitrogens with one attached hydrogen (secondary N) is 1. The number of alkyl halides is 3. The topological polar surface area (TPSA) is 69.0 Å². The smallest absolute Gasteiger partial charge is 0.416 e. The Hall–Kier alpha value is -3.07. The lowest BCUT2D eigenvalue weighted by molar-refractivity contribution is -0.137. The van der Waals surface area contributed by atoms with Crippen LogP contribution in [0, 0.1) is 0 Å². The molecule has 1 aromatic heterocycles. The molecular weight excluding hydrogens is 445 g/mol. The Bertz CT molecular complexity index is 1090. The van der Waals surface area contributed by atoms with Gasteiger partial charge in [-0.1, -0.05) is 28.9 Å². The summed E-state index contributed by atoms with van der Waals surface area (Å²) in [7, 11) is 0. The fourth-order valence-corrected chi connectivity index (χ4v) is 3.43. The van der Waals surface area contributed by atoms with E-state index < -0.39 is 23.3 Å². The third kappa shape index (κ3) is 4.88. The molecule has 0 bridgehead atoms. The molecule has 0 spiro atoms. The highest BCUT2D eigenvalue weighted by Gasteiger charge is 2.46. The number of halogens is 4. The Morgan fingerprint density at radius 1 is 1.19 bits per heavy atom. The molecular formula is C22H20ClF3N4O2. The quantitative estimate of drug-likeness (QED) is 0.540. The molecule has 0 aliphatic heterocycles. The maximum Gasteiger partial charge on any atom is 0.416 e. The van der Waals surface area contributed by atoms with Crippen molar-refractivity contribution in [3.63, 3.8) is 0 Å². The first-order valence-corrected chi connectivity index (χ1v) is 10.3. The van der Waals surface area contributed by atoms with Crippen molar-refractivity contribution >= 4 is 17.5 Å². The number of carbonyl (C=O) groups excluding carboxylic acids is 1. The average molecular weight is 465 g/mol. The van der Waals surface area contributed by atoms with Crippen molar-refractivity contribution in [3.05, 3.63) is 76.6 Å². The predicted octanol–water partition coefficient (Wildman–Crippen LogP) is 4.90. The molecule has 1 unspecified atom stereocenters. The van der Waals surface area contributed by atoms with Gasteiger partial charge in [0.25, 0.3) is 0 Å². The van der Waals surface area contributed by atoms with Crippen molar-refractivity contribution in [3.8, 4) is 5.75 Å². The van der Waals surface area contributed by atoms with Gasteiger partial charge in [-0.15, -0.1) is 5.10 Å². The van der Waals surface area contributed by atoms with Crippen molar-refractivity contribution < 1.29 is 22.7 Å². The maximum atomic E-state index is 12.8. The third-order valence-corrected chi connectivity index (χ3v) is 5.66. The van der Waals surface area contributed by atoms with Crippen LogP contribution >= 0.6 is 11.6 Å². The minimum atomic E-state index is -4.39. The number of hydrogen-bond donors (Lipinski definition) is 1. The SMILES string of the molecule is CC(C(=O)NC1(c2ccc(C(F)(F)F)cc2)CC1)n1cc(COc2ccc(Cl)cc2)nn1. The van der Waals surface area contributed by atoms with Crippen LogP contribution in [0.1, 0.15) is 42.6 Å². The fraction of sp³-hybridized carbons (Fsp3) is 0.318. The number of ether oxygens (including phenoxy) is 1. The molecule has 2 aromatic carbocycles. The molecule has 168 valence electrons. The molecule has 1 aliphatic rings. The molecule has 0 radical (unpaired) electrons. The Morgan fingerprint density at radius 3 is 2.44 bits per heavy atom. The van der Waals surface area contributed by atoms with Gasteiger partial charge in [0.15, 0.2) is 0 Å². The Morgan fingerprint density at radius 2 is 1.84 bits per heavy atom. The van der Waals surface area contributed by atoms with Crippen LogP contribution in [0.25, 0.3) is 0 Å². The molecule has 32 heavy (non-hydrogen) atoms. The number of benzene rings is 2. The van der Waals surface area contributed by atoms with E-state index in [1.807, 2.05) is 0 Å². The fourth-order valence-electron chi connectivity index (χ4n) is 3.31. The summed E-state index contributed by atoms with van der Waals surface area (Å²) in [4.78, 5) is 12.8. The first-order valence-electron chi connectivity index (χ1n) is 9.95. The van der Waals surface area contributed by atoms with E-state index in [-0.39, 0.29) is 12.5 Å². The van der Waals surface area contributed by atoms with Gasteiger partial charge in [-0.2, -0.15) is 13.2 Å². The molecule has 4 rings (SSSR count). The minimum absolute atomic E-state index is 0.172. The van der Waals surface area contributed by atoms with Crippen molar-refractivity contribution in [1.29, 1.82) is 0 Å². The van der Waals surface area contributed by atoms with E-state index in [4.69, 9.17) is 16.3 Å². The second-order valence-corrected chi connectivity index (χ2v) is 8.19. The highest BCUT2D eigenvalue weighted by Crippen LogP contribution is 2.46. The van der Waals surface area contributed by atoms with Crippen LogP contribution in [-0.4, -0.2) is 20.9 Å². The van der Waals surface area contributed by atoms with Gasteiger partial charge in [0.1, 0.15) is 24.1 Å². The number of rotatable bonds is 7. The molecule has 1 fully saturated rings. The summed E-state index contributed by atoms with van der Waals surface area (Å²) in [5, 5.41) is 11.6. The normalized spacial score (nSPS) is 15.8. The van der Waals surface area contributed by atoms with Crippen molar-refractivity contribution in [2.75, 3.05) is 0 Å². The van der Waals surface area contributed by atoms with E-state index in [0.29, 0.717) is 34.9 Å². The first kappa shape index (κ1) is 22.1. The zero-order chi connectivity index (χ0) is 22.9. The summed E-state index contributed by atoms with van der Waals surface area (Å²) >= 11 is 5.85. The zero-order valence-corrected chi connectivity index (χ0v) is 17.8. The lowest BCUT2D eigenvalue weighted by atomic mass is 10.0. The number of aromatic nitrogens is 3. The number of amides is 1. The second kappa shape index (κ2) is 8.46. The van der Waals surface area contributed by atoms with Gasteiger partial charge in [-0.3, -0.25) is 4.79 Å². The van der Waals surface area contributed by atoms with Gasteiger partial charge in [0.05, 0.1) is 17.3 Å². The molecule has 0 saturated heterocycles. The van der Waals surface area contributed by atoms with E-state index in [2.05, 4.69) is 15.6 Å². The van der Waals surface area contributed by atoms with Gasteiger partial charge in [-0.05, 0) is 61.7 Å². The Kier molecular flexibility index (Phi) is 5.85. The second-order valence-electron chi connectivity index (χ2n) is 7.75. The Labute approximate surface area is 187 Å². The van der Waals surface area contributed by atoms with E-state index in [1.165, 1.54) is 16.8 Å². The molecule has 3 aromatic rings. The molecule has 10 heteroatoms. The summed E-state index contributed by atoms with van der Waals surface area (Å²) in [5.74, 6) is 0.333. The van der Waals surface area contributed by atoms with Gasteiger partial charge in [0.2, 0.25) is 5.91 Å². The predicted molar refractivity (Wildman–Crippen MR) is 111 cm³/mol. The van der Waals surface area contributed by atoms with Crippen LogP contribution in [0.5, 0.6) is 5.75 Å². The summed E-state index contributed by atoms with van der Waals surface area (Å²) in [6.07, 6.45) is -1.45. The summed E-state index contributed by atoms with van der Waals surface area (Å²) < 4.78 is 45.5. The number of hydrogen-bond acceptors (Lipinski definition) is 4. The summed E-state index contributed by atoms with van der Waals surface area (Å²) in [6.45, 7) is 1.85. The van der Waals surface area contributed by atoms with Gasteiger partial charge in [-0.25, -0.2) is 4.68 Å². The molecule has 1 amide bonds. The van der Waals surface area contributed by atoms with Crippen LogP contribution in [0.2, 0.25) is 5.02 Å². The van der Waals surface area contributed by atoms with E-state index in [9.17, 15) is 18.0 Å². The maximum absolute atomic E-state index is 12.8. The monoisotopic (exact) mass is 464 g/mol. The Balaban J connectivity index is 1.37. The summed E-state index contributed by atoms with van der Waals surface area (Å²) in [6, 6.07) is 11.2. The largest absolute Gasteiger partial charge is 0.487 e. The average Bonchev–Trinajstić information content (AvgIpc) is 3.39. The van der Waals surface area contributed by atoms with E-state index >= 15 is 0 Å². The first-order chi connectivity index (χ1) is 15.2. The van der Waals surface area contributed by atoms with Crippen LogP contribution in [-0.2, 0) is 23.1 Å². The van der Waals surface area contributed by atoms with E-state index in [0.717, 1.165) is 12.1 Å². The van der Waals surface area contributed by atoms with Gasteiger partial charge in [0, 0.05) is 5.02 Å². The van der Waals surface area contributed by atoms with Crippen molar-refractivity contribution in [2.45, 2.75) is 44.1 Å². The van der Waals surface area contributed by atoms with Crippen LogP contribution < -0.4 is 10.1 Å². The highest BCUT2D eigenvalue weighted by molar-refractivity contribution is 6.30. The molecule has 1 saturated carbocycles.